The maximum atomic E-state index is 13.4. The van der Waals surface area contributed by atoms with Crippen LogP contribution < -0.4 is 10.2 Å². The molecule has 0 aromatic heterocycles. The second kappa shape index (κ2) is 6.78. The molecule has 1 saturated carbocycles. The van der Waals surface area contributed by atoms with Gasteiger partial charge in [-0.25, -0.2) is 4.39 Å². The van der Waals surface area contributed by atoms with E-state index in [9.17, 15) is 4.39 Å². The summed E-state index contributed by atoms with van der Waals surface area (Å²) in [5.41, 5.74) is 1.02. The summed E-state index contributed by atoms with van der Waals surface area (Å²) in [6, 6.07) is 8.26. The number of nitrogens with zero attached hydrogens (tertiary/aromatic N) is 1. The Morgan fingerprint density at radius 2 is 1.90 bits per heavy atom. The third-order valence-electron chi connectivity index (χ3n) is 4.91. The molecule has 3 heteroatoms. The Kier molecular flexibility index (Phi) is 4.79. The van der Waals surface area contributed by atoms with Gasteiger partial charge in [-0.3, -0.25) is 0 Å². The second-order valence-corrected chi connectivity index (χ2v) is 6.92. The van der Waals surface area contributed by atoms with Gasteiger partial charge in [0.25, 0.3) is 0 Å². The van der Waals surface area contributed by atoms with Crippen LogP contribution in [0, 0.1) is 11.7 Å². The molecule has 116 valence electrons. The van der Waals surface area contributed by atoms with Gasteiger partial charge in [-0.05, 0) is 43.4 Å². The van der Waals surface area contributed by atoms with Crippen molar-refractivity contribution >= 4 is 5.69 Å². The number of hydrogen-bond acceptors (Lipinski definition) is 2. The molecule has 2 fully saturated rings. The van der Waals surface area contributed by atoms with E-state index < -0.39 is 0 Å². The lowest BCUT2D eigenvalue weighted by Crippen LogP contribution is -2.52. The van der Waals surface area contributed by atoms with E-state index in [1.165, 1.54) is 44.6 Å². The van der Waals surface area contributed by atoms with Crippen molar-refractivity contribution in [2.24, 2.45) is 5.92 Å². The van der Waals surface area contributed by atoms with Gasteiger partial charge in [-0.15, -0.1) is 0 Å². The molecule has 1 aliphatic carbocycles. The van der Waals surface area contributed by atoms with E-state index in [2.05, 4.69) is 17.1 Å². The maximum Gasteiger partial charge on any atom is 0.125 e. The summed E-state index contributed by atoms with van der Waals surface area (Å²) in [7, 11) is 0. The largest absolute Gasteiger partial charge is 0.370 e. The minimum Gasteiger partial charge on any atom is -0.370 e. The first-order chi connectivity index (χ1) is 10.2. The number of nitrogens with one attached hydrogen (secondary N) is 1. The van der Waals surface area contributed by atoms with Crippen molar-refractivity contribution in [2.75, 3.05) is 18.0 Å². The fourth-order valence-corrected chi connectivity index (χ4v) is 3.96. The highest BCUT2D eigenvalue weighted by atomic mass is 19.1. The summed E-state index contributed by atoms with van der Waals surface area (Å²) < 4.78 is 13.4. The monoisotopic (exact) mass is 290 g/mol. The highest BCUT2D eigenvalue weighted by Crippen LogP contribution is 2.25. The molecule has 1 aromatic rings. The Bertz CT molecular complexity index is 456. The van der Waals surface area contributed by atoms with Gasteiger partial charge in [0.1, 0.15) is 5.82 Å². The van der Waals surface area contributed by atoms with Crippen LogP contribution in [0.2, 0.25) is 0 Å². The Morgan fingerprint density at radius 3 is 2.67 bits per heavy atom. The van der Waals surface area contributed by atoms with E-state index in [1.54, 1.807) is 6.07 Å². The first-order valence-electron chi connectivity index (χ1n) is 8.47. The number of anilines is 1. The van der Waals surface area contributed by atoms with Crippen LogP contribution in [-0.4, -0.2) is 25.2 Å². The van der Waals surface area contributed by atoms with Gasteiger partial charge in [-0.1, -0.05) is 32.3 Å². The quantitative estimate of drug-likeness (QED) is 0.906. The molecule has 2 atom stereocenters. The van der Waals surface area contributed by atoms with E-state index in [1.807, 2.05) is 12.1 Å². The molecule has 1 saturated heterocycles. The van der Waals surface area contributed by atoms with Gasteiger partial charge in [0.15, 0.2) is 0 Å². The zero-order valence-corrected chi connectivity index (χ0v) is 13.0. The summed E-state index contributed by atoms with van der Waals surface area (Å²) in [5, 5.41) is 3.87. The molecule has 1 aromatic carbocycles. The number of hydrogen-bond donors (Lipinski definition) is 1. The number of halogens is 1. The number of piperidine rings is 1. The topological polar surface area (TPSA) is 15.3 Å². The zero-order chi connectivity index (χ0) is 14.7. The van der Waals surface area contributed by atoms with Crippen molar-refractivity contribution < 1.29 is 4.39 Å². The normalized spacial score (nSPS) is 27.8. The van der Waals surface area contributed by atoms with Crippen molar-refractivity contribution in [3.8, 4) is 0 Å². The van der Waals surface area contributed by atoms with E-state index >= 15 is 0 Å². The number of benzene rings is 1. The zero-order valence-electron chi connectivity index (χ0n) is 13.0. The predicted molar refractivity (Wildman–Crippen MR) is 86.2 cm³/mol. The second-order valence-electron chi connectivity index (χ2n) is 6.92. The van der Waals surface area contributed by atoms with Crippen molar-refractivity contribution in [2.45, 2.75) is 57.5 Å². The third kappa shape index (κ3) is 3.97. The molecule has 1 heterocycles. The Hall–Kier alpha value is -1.09. The smallest absolute Gasteiger partial charge is 0.125 e. The molecule has 3 rings (SSSR count). The van der Waals surface area contributed by atoms with Crippen LogP contribution in [-0.2, 0) is 0 Å². The first-order valence-corrected chi connectivity index (χ1v) is 8.47. The van der Waals surface area contributed by atoms with E-state index in [4.69, 9.17) is 0 Å². The van der Waals surface area contributed by atoms with Crippen LogP contribution in [0.25, 0.3) is 0 Å². The van der Waals surface area contributed by atoms with Crippen molar-refractivity contribution in [3.05, 3.63) is 30.1 Å². The van der Waals surface area contributed by atoms with Gasteiger partial charge in [0, 0.05) is 30.9 Å². The Morgan fingerprint density at radius 1 is 1.10 bits per heavy atom. The summed E-state index contributed by atoms with van der Waals surface area (Å²) in [6.07, 6.45) is 8.02. The fraction of sp³-hybridized carbons (Fsp3) is 0.667. The van der Waals surface area contributed by atoms with Crippen LogP contribution in [0.3, 0.4) is 0 Å². The molecule has 0 radical (unpaired) electrons. The fourth-order valence-electron chi connectivity index (χ4n) is 3.96. The van der Waals surface area contributed by atoms with Gasteiger partial charge >= 0.3 is 0 Å². The maximum absolute atomic E-state index is 13.4. The van der Waals surface area contributed by atoms with Crippen LogP contribution in [0.15, 0.2) is 24.3 Å². The van der Waals surface area contributed by atoms with Crippen LogP contribution in [0.5, 0.6) is 0 Å². The summed E-state index contributed by atoms with van der Waals surface area (Å²) in [5.74, 6) is 0.519. The lowest BCUT2D eigenvalue weighted by Gasteiger charge is -2.40. The SMILES string of the molecule is CC1CC(NC2CCCCC2)CN(c2cccc(F)c2)C1. The van der Waals surface area contributed by atoms with Crippen LogP contribution in [0.1, 0.15) is 45.4 Å². The first kappa shape index (κ1) is 14.8. The van der Waals surface area contributed by atoms with Gasteiger partial charge < -0.3 is 10.2 Å². The summed E-state index contributed by atoms with van der Waals surface area (Å²) >= 11 is 0. The summed E-state index contributed by atoms with van der Waals surface area (Å²) in [4.78, 5) is 2.34. The Labute approximate surface area is 127 Å². The average molecular weight is 290 g/mol. The third-order valence-corrected chi connectivity index (χ3v) is 4.91. The molecule has 1 aliphatic heterocycles. The molecule has 0 amide bonds. The highest BCUT2D eigenvalue weighted by molar-refractivity contribution is 5.47. The molecule has 0 spiro atoms. The van der Waals surface area contributed by atoms with Crippen molar-refractivity contribution in [1.82, 2.24) is 5.32 Å². The number of rotatable bonds is 3. The van der Waals surface area contributed by atoms with Crippen molar-refractivity contribution in [3.63, 3.8) is 0 Å². The van der Waals surface area contributed by atoms with E-state index in [0.717, 1.165) is 18.8 Å². The van der Waals surface area contributed by atoms with E-state index in [0.29, 0.717) is 18.0 Å². The molecule has 21 heavy (non-hydrogen) atoms. The lowest BCUT2D eigenvalue weighted by molar-refractivity contribution is 0.285. The minimum absolute atomic E-state index is 0.137. The average Bonchev–Trinajstić information content (AvgIpc) is 2.48. The van der Waals surface area contributed by atoms with Crippen molar-refractivity contribution in [1.29, 1.82) is 0 Å². The molecule has 2 nitrogen and oxygen atoms in total. The van der Waals surface area contributed by atoms with Crippen LogP contribution >= 0.6 is 0 Å². The summed E-state index contributed by atoms with van der Waals surface area (Å²) in [6.45, 7) is 4.34. The standard InChI is InChI=1S/C18H27FN2/c1-14-10-17(20-16-7-3-2-4-8-16)13-21(12-14)18-9-5-6-15(19)11-18/h5-6,9,11,14,16-17,20H,2-4,7-8,10,12-13H2,1H3. The van der Waals surface area contributed by atoms with Crippen LogP contribution in [0.4, 0.5) is 10.1 Å². The van der Waals surface area contributed by atoms with Gasteiger partial charge in [0.05, 0.1) is 0 Å². The minimum atomic E-state index is -0.137. The van der Waals surface area contributed by atoms with Gasteiger partial charge in [-0.2, -0.15) is 0 Å². The molecule has 1 N–H and O–H groups in total. The molecular formula is C18H27FN2. The van der Waals surface area contributed by atoms with Gasteiger partial charge in [0.2, 0.25) is 0 Å². The molecule has 2 unspecified atom stereocenters. The Balaban J connectivity index is 1.63. The predicted octanol–water partition coefficient (Wildman–Crippen LogP) is 3.96. The molecular weight excluding hydrogens is 263 g/mol. The highest BCUT2D eigenvalue weighted by Gasteiger charge is 2.27. The molecule has 0 bridgehead atoms. The molecule has 2 aliphatic rings. The van der Waals surface area contributed by atoms with E-state index in [-0.39, 0.29) is 5.82 Å². The lowest BCUT2D eigenvalue weighted by atomic mass is 9.91.